The number of imidazole rings is 1. The largest absolute Gasteiger partial charge is 0.336 e. The smallest absolute Gasteiger partial charge is 0.178 e. The number of pyridine rings is 1. The van der Waals surface area contributed by atoms with Gasteiger partial charge in [-0.2, -0.15) is 0 Å². The summed E-state index contributed by atoms with van der Waals surface area (Å²) in [5, 5.41) is 0. The van der Waals surface area contributed by atoms with Gasteiger partial charge >= 0.3 is 0 Å². The molecule has 0 aliphatic heterocycles. The molecular formula is C13H13N3S. The van der Waals surface area contributed by atoms with E-state index in [1.54, 1.807) is 11.3 Å². The van der Waals surface area contributed by atoms with E-state index in [1.165, 1.54) is 15.3 Å². The normalized spacial score (nSPS) is 11.2. The molecule has 3 aromatic heterocycles. The summed E-state index contributed by atoms with van der Waals surface area (Å²) in [6.45, 7) is 6.29. The lowest BCUT2D eigenvalue weighted by Gasteiger charge is -1.88. The first-order valence-corrected chi connectivity index (χ1v) is 6.35. The van der Waals surface area contributed by atoms with E-state index in [-0.39, 0.29) is 0 Å². The monoisotopic (exact) mass is 243 g/mol. The fraction of sp³-hybridized carbons (Fsp3) is 0.231. The number of fused-ring (bicyclic) bond motifs is 1. The molecule has 0 fully saturated rings. The van der Waals surface area contributed by atoms with E-state index in [0.29, 0.717) is 0 Å². The molecule has 0 amide bonds. The summed E-state index contributed by atoms with van der Waals surface area (Å²) in [7, 11) is 0. The van der Waals surface area contributed by atoms with Crippen molar-refractivity contribution in [3.63, 3.8) is 0 Å². The molecule has 0 atom stereocenters. The summed E-state index contributed by atoms with van der Waals surface area (Å²) < 4.78 is 0. The number of nitrogens with one attached hydrogen (secondary N) is 1. The van der Waals surface area contributed by atoms with Crippen LogP contribution in [0, 0.1) is 20.8 Å². The van der Waals surface area contributed by atoms with Gasteiger partial charge in [0.2, 0.25) is 0 Å². The first kappa shape index (κ1) is 10.5. The lowest BCUT2D eigenvalue weighted by atomic mass is 10.3. The van der Waals surface area contributed by atoms with Crippen molar-refractivity contribution in [1.82, 2.24) is 15.0 Å². The van der Waals surface area contributed by atoms with Gasteiger partial charge in [0.25, 0.3) is 0 Å². The van der Waals surface area contributed by atoms with Crippen molar-refractivity contribution >= 4 is 22.5 Å². The average molecular weight is 243 g/mol. The van der Waals surface area contributed by atoms with Crippen LogP contribution >= 0.6 is 11.3 Å². The number of thiophene rings is 1. The lowest BCUT2D eigenvalue weighted by molar-refractivity contribution is 1.29. The molecule has 0 aliphatic carbocycles. The van der Waals surface area contributed by atoms with Gasteiger partial charge in [0.15, 0.2) is 11.5 Å². The molecule has 3 aromatic rings. The lowest BCUT2D eigenvalue weighted by Crippen LogP contribution is -1.77. The van der Waals surface area contributed by atoms with Crippen LogP contribution in [0.15, 0.2) is 18.3 Å². The minimum atomic E-state index is 0.786. The van der Waals surface area contributed by atoms with Crippen LogP contribution in [0.3, 0.4) is 0 Å². The molecule has 0 bridgehead atoms. The Morgan fingerprint density at radius 2 is 2.00 bits per heavy atom. The maximum Gasteiger partial charge on any atom is 0.178 e. The number of aromatic nitrogens is 3. The molecule has 17 heavy (non-hydrogen) atoms. The number of hydrogen-bond acceptors (Lipinski definition) is 3. The molecule has 0 saturated carbocycles. The van der Waals surface area contributed by atoms with Crippen molar-refractivity contribution in [3.8, 4) is 10.7 Å². The number of hydrogen-bond donors (Lipinski definition) is 1. The fourth-order valence-electron chi connectivity index (χ4n) is 1.81. The highest BCUT2D eigenvalue weighted by Gasteiger charge is 2.09. The molecule has 1 N–H and O–H groups in total. The predicted octanol–water partition coefficient (Wildman–Crippen LogP) is 3.61. The predicted molar refractivity (Wildman–Crippen MR) is 71.4 cm³/mol. The van der Waals surface area contributed by atoms with Crippen LogP contribution in [-0.4, -0.2) is 15.0 Å². The summed E-state index contributed by atoms with van der Waals surface area (Å²) in [5.41, 5.74) is 4.25. The van der Waals surface area contributed by atoms with Gasteiger partial charge in [0.1, 0.15) is 0 Å². The molecule has 86 valence electrons. The van der Waals surface area contributed by atoms with E-state index < -0.39 is 0 Å². The Kier molecular flexibility index (Phi) is 2.26. The highest BCUT2D eigenvalue weighted by Crippen LogP contribution is 2.29. The van der Waals surface area contributed by atoms with Crippen LogP contribution in [0.4, 0.5) is 0 Å². The van der Waals surface area contributed by atoms with Gasteiger partial charge in [-0.3, -0.25) is 0 Å². The van der Waals surface area contributed by atoms with Gasteiger partial charge in [-0.25, -0.2) is 9.97 Å². The van der Waals surface area contributed by atoms with Crippen LogP contribution in [0.2, 0.25) is 0 Å². The van der Waals surface area contributed by atoms with Crippen LogP contribution in [0.5, 0.6) is 0 Å². The molecule has 3 nitrogen and oxygen atoms in total. The number of aryl methyl sites for hydroxylation is 3. The molecule has 4 heteroatoms. The van der Waals surface area contributed by atoms with Crippen molar-refractivity contribution in [3.05, 3.63) is 34.3 Å². The highest BCUT2D eigenvalue weighted by atomic mass is 32.1. The Labute approximate surface area is 104 Å². The number of aromatic amines is 1. The number of H-pyrrole nitrogens is 1. The Morgan fingerprint density at radius 1 is 1.18 bits per heavy atom. The van der Waals surface area contributed by atoms with E-state index in [4.69, 9.17) is 0 Å². The molecule has 0 radical (unpaired) electrons. The summed E-state index contributed by atoms with van der Waals surface area (Å²) in [6.07, 6.45) is 1.85. The van der Waals surface area contributed by atoms with E-state index >= 15 is 0 Å². The summed E-state index contributed by atoms with van der Waals surface area (Å²) in [6, 6.07) is 4.25. The van der Waals surface area contributed by atoms with Crippen molar-refractivity contribution in [2.24, 2.45) is 0 Å². The SMILES string of the molecule is Cc1cnc2nc(-c3cc(C)c(C)s3)[nH]c2c1. The number of nitrogens with zero attached hydrogens (tertiary/aromatic N) is 2. The zero-order valence-corrected chi connectivity index (χ0v) is 10.9. The van der Waals surface area contributed by atoms with E-state index in [2.05, 4.69) is 40.9 Å². The maximum atomic E-state index is 4.52. The van der Waals surface area contributed by atoms with Gasteiger partial charge in [0.05, 0.1) is 10.4 Å². The number of rotatable bonds is 1. The minimum Gasteiger partial charge on any atom is -0.336 e. The molecule has 0 aromatic carbocycles. The minimum absolute atomic E-state index is 0.786. The highest BCUT2D eigenvalue weighted by molar-refractivity contribution is 7.15. The van der Waals surface area contributed by atoms with E-state index in [1.807, 2.05) is 13.1 Å². The van der Waals surface area contributed by atoms with Crippen LogP contribution < -0.4 is 0 Å². The average Bonchev–Trinajstić information content (AvgIpc) is 2.83. The molecule has 3 heterocycles. The van der Waals surface area contributed by atoms with Crippen LogP contribution in [0.25, 0.3) is 21.9 Å². The van der Waals surface area contributed by atoms with Crippen molar-refractivity contribution < 1.29 is 0 Å². The molecule has 0 saturated heterocycles. The third-order valence-electron chi connectivity index (χ3n) is 2.87. The Balaban J connectivity index is 2.17. The third-order valence-corrected chi connectivity index (χ3v) is 4.03. The topological polar surface area (TPSA) is 41.6 Å². The van der Waals surface area contributed by atoms with Crippen LogP contribution in [0.1, 0.15) is 16.0 Å². The van der Waals surface area contributed by atoms with Gasteiger partial charge in [0, 0.05) is 11.1 Å². The maximum absolute atomic E-state index is 4.52. The molecule has 0 aliphatic rings. The van der Waals surface area contributed by atoms with Crippen molar-refractivity contribution in [1.29, 1.82) is 0 Å². The van der Waals surface area contributed by atoms with Gasteiger partial charge < -0.3 is 4.98 Å². The zero-order valence-electron chi connectivity index (χ0n) is 10.0. The Bertz CT molecular complexity index is 674. The fourth-order valence-corrected chi connectivity index (χ4v) is 2.79. The van der Waals surface area contributed by atoms with E-state index in [0.717, 1.165) is 22.6 Å². The van der Waals surface area contributed by atoms with Crippen molar-refractivity contribution in [2.75, 3.05) is 0 Å². The first-order chi connectivity index (χ1) is 8.13. The summed E-state index contributed by atoms with van der Waals surface area (Å²) in [5.74, 6) is 0.916. The summed E-state index contributed by atoms with van der Waals surface area (Å²) >= 11 is 1.77. The zero-order chi connectivity index (χ0) is 12.0. The molecule has 3 rings (SSSR count). The first-order valence-electron chi connectivity index (χ1n) is 5.53. The summed E-state index contributed by atoms with van der Waals surface area (Å²) in [4.78, 5) is 14.7. The van der Waals surface area contributed by atoms with Gasteiger partial charge in [-0.1, -0.05) is 0 Å². The third kappa shape index (κ3) is 1.74. The Hall–Kier alpha value is -1.68. The second-order valence-corrected chi connectivity index (χ2v) is 5.58. The molecule has 0 unspecified atom stereocenters. The Morgan fingerprint density at radius 3 is 2.71 bits per heavy atom. The molecule has 0 spiro atoms. The van der Waals surface area contributed by atoms with Crippen molar-refractivity contribution in [2.45, 2.75) is 20.8 Å². The van der Waals surface area contributed by atoms with Gasteiger partial charge in [-0.15, -0.1) is 11.3 Å². The van der Waals surface area contributed by atoms with E-state index in [9.17, 15) is 0 Å². The quantitative estimate of drug-likeness (QED) is 0.709. The standard InChI is InChI=1S/C13H13N3S/c1-7-4-10-12(14-6-7)16-13(15-10)11-5-8(2)9(3)17-11/h4-6H,1-3H3,(H,14,15,16). The molecular weight excluding hydrogens is 230 g/mol. The second kappa shape index (κ2) is 3.67. The van der Waals surface area contributed by atoms with Crippen LogP contribution in [-0.2, 0) is 0 Å². The second-order valence-electron chi connectivity index (χ2n) is 4.32. The van der Waals surface area contributed by atoms with Gasteiger partial charge in [-0.05, 0) is 44.0 Å².